The molecule has 2 saturated heterocycles. The Morgan fingerprint density at radius 2 is 1.84 bits per heavy atom. The molecule has 3 rings (SSSR count). The number of non-ortho nitro benzene ring substituents is 1. The number of aliphatic hydroxyl groups excluding tert-OH is 1. The van der Waals surface area contributed by atoms with Crippen molar-refractivity contribution < 1.29 is 14.8 Å². The van der Waals surface area contributed by atoms with Gasteiger partial charge in [-0.05, 0) is 31.5 Å². The number of amides is 1. The first-order valence-corrected chi connectivity index (χ1v) is 8.70. The fraction of sp³-hybridized carbons (Fsp3) is 0.588. The molecular weight excluding hydrogens is 324 g/mol. The second-order valence-corrected chi connectivity index (χ2v) is 6.67. The number of nitro benzene ring substituents is 1. The number of carbonyl (C=O) groups excluding carboxylic acids is 1. The molecule has 1 N–H and O–H groups in total. The van der Waals surface area contributed by atoms with Crippen molar-refractivity contribution in [3.8, 4) is 0 Å². The Kier molecular flexibility index (Phi) is 5.50. The molecule has 0 spiro atoms. The van der Waals surface area contributed by atoms with Crippen molar-refractivity contribution >= 4 is 17.3 Å². The van der Waals surface area contributed by atoms with Gasteiger partial charge in [0.15, 0.2) is 0 Å². The summed E-state index contributed by atoms with van der Waals surface area (Å²) in [5.74, 6) is 0.109. The van der Waals surface area contributed by atoms with Crippen molar-refractivity contribution in [1.82, 2.24) is 9.80 Å². The van der Waals surface area contributed by atoms with Gasteiger partial charge >= 0.3 is 0 Å². The highest BCUT2D eigenvalue weighted by molar-refractivity contribution is 5.78. The average Bonchev–Trinajstić information content (AvgIpc) is 2.62. The molecule has 0 saturated carbocycles. The third kappa shape index (κ3) is 4.46. The van der Waals surface area contributed by atoms with E-state index in [-0.39, 0.29) is 17.7 Å². The lowest BCUT2D eigenvalue weighted by Crippen LogP contribution is -2.52. The fourth-order valence-corrected chi connectivity index (χ4v) is 3.47. The van der Waals surface area contributed by atoms with E-state index in [4.69, 9.17) is 0 Å². The molecule has 2 aliphatic rings. The van der Waals surface area contributed by atoms with Crippen molar-refractivity contribution in [2.24, 2.45) is 0 Å². The first-order valence-electron chi connectivity index (χ1n) is 8.70. The molecular formula is C17H24N4O4. The molecule has 2 heterocycles. The molecule has 1 atom stereocenters. The Labute approximate surface area is 146 Å². The van der Waals surface area contributed by atoms with Crippen molar-refractivity contribution in [3.05, 3.63) is 34.4 Å². The van der Waals surface area contributed by atoms with Crippen LogP contribution < -0.4 is 4.90 Å². The minimum absolute atomic E-state index is 0.0845. The normalized spacial score (nSPS) is 22.0. The molecule has 2 aliphatic heterocycles. The lowest BCUT2D eigenvalue weighted by molar-refractivity contribution is -0.384. The standard InChI is InChI=1S/C17H24N4O4/c22-16-2-1-7-18(12-16)13-17(23)20-10-8-19(9-11-20)14-3-5-15(6-4-14)21(24)25/h3-6,16,22H,1-2,7-13H2/t16-/m0/s1. The van der Waals surface area contributed by atoms with E-state index in [1.165, 1.54) is 12.1 Å². The molecule has 0 bridgehead atoms. The van der Waals surface area contributed by atoms with Crippen LogP contribution >= 0.6 is 0 Å². The summed E-state index contributed by atoms with van der Waals surface area (Å²) in [6.07, 6.45) is 1.43. The lowest BCUT2D eigenvalue weighted by atomic mass is 10.1. The van der Waals surface area contributed by atoms with Gasteiger partial charge < -0.3 is 14.9 Å². The van der Waals surface area contributed by atoms with Crippen molar-refractivity contribution in [3.63, 3.8) is 0 Å². The molecule has 2 fully saturated rings. The summed E-state index contributed by atoms with van der Waals surface area (Å²) in [6, 6.07) is 6.53. The molecule has 0 aliphatic carbocycles. The third-order valence-corrected chi connectivity index (χ3v) is 4.90. The fourth-order valence-electron chi connectivity index (χ4n) is 3.47. The number of hydrogen-bond acceptors (Lipinski definition) is 6. The molecule has 1 aromatic carbocycles. The predicted octanol–water partition coefficient (Wildman–Crippen LogP) is 0.700. The topological polar surface area (TPSA) is 90.2 Å². The molecule has 1 amide bonds. The van der Waals surface area contributed by atoms with Crippen LogP contribution in [0.3, 0.4) is 0 Å². The van der Waals surface area contributed by atoms with Gasteiger partial charge in [0.05, 0.1) is 17.6 Å². The summed E-state index contributed by atoms with van der Waals surface area (Å²) in [6.45, 7) is 4.53. The number of β-amino-alcohol motifs (C(OH)–C–C–N with tert-alkyl or cyclic N) is 1. The number of nitrogens with zero attached hydrogens (tertiary/aromatic N) is 4. The van der Waals surface area contributed by atoms with Crippen LogP contribution in [-0.4, -0.2) is 77.7 Å². The van der Waals surface area contributed by atoms with Crippen LogP contribution in [0, 0.1) is 10.1 Å². The van der Waals surface area contributed by atoms with E-state index in [1.807, 2.05) is 9.80 Å². The van der Waals surface area contributed by atoms with Crippen molar-refractivity contribution in [2.45, 2.75) is 18.9 Å². The predicted molar refractivity (Wildman–Crippen MR) is 93.6 cm³/mol. The molecule has 0 unspecified atom stereocenters. The molecule has 136 valence electrons. The smallest absolute Gasteiger partial charge is 0.269 e. The van der Waals surface area contributed by atoms with Gasteiger partial charge in [0, 0.05) is 50.5 Å². The highest BCUT2D eigenvalue weighted by atomic mass is 16.6. The zero-order valence-corrected chi connectivity index (χ0v) is 14.2. The maximum absolute atomic E-state index is 12.4. The second-order valence-electron chi connectivity index (χ2n) is 6.67. The van der Waals surface area contributed by atoms with E-state index in [0.29, 0.717) is 39.3 Å². The second kappa shape index (κ2) is 7.79. The molecule has 8 nitrogen and oxygen atoms in total. The van der Waals surface area contributed by atoms with E-state index in [2.05, 4.69) is 4.90 Å². The number of piperidine rings is 1. The maximum atomic E-state index is 12.4. The minimum Gasteiger partial charge on any atom is -0.392 e. The first kappa shape index (κ1) is 17.6. The molecule has 0 radical (unpaired) electrons. The summed E-state index contributed by atoms with van der Waals surface area (Å²) in [5.41, 5.74) is 1.03. The van der Waals surface area contributed by atoms with E-state index in [9.17, 15) is 20.0 Å². The minimum atomic E-state index is -0.405. The summed E-state index contributed by atoms with van der Waals surface area (Å²) < 4.78 is 0. The van der Waals surface area contributed by atoms with Crippen LogP contribution in [0.25, 0.3) is 0 Å². The Morgan fingerprint density at radius 1 is 1.16 bits per heavy atom. The Hall–Kier alpha value is -2.19. The van der Waals surface area contributed by atoms with Gasteiger partial charge in [0.1, 0.15) is 0 Å². The monoisotopic (exact) mass is 348 g/mol. The highest BCUT2D eigenvalue weighted by Crippen LogP contribution is 2.20. The number of hydrogen-bond donors (Lipinski definition) is 1. The number of piperazine rings is 1. The van der Waals surface area contributed by atoms with Crippen LogP contribution in [0.15, 0.2) is 24.3 Å². The largest absolute Gasteiger partial charge is 0.392 e. The number of likely N-dealkylation sites (tertiary alicyclic amines) is 1. The van der Waals surface area contributed by atoms with E-state index < -0.39 is 4.92 Å². The van der Waals surface area contributed by atoms with Gasteiger partial charge in [0.2, 0.25) is 5.91 Å². The van der Waals surface area contributed by atoms with Gasteiger partial charge in [-0.1, -0.05) is 0 Å². The number of benzene rings is 1. The van der Waals surface area contributed by atoms with Crippen LogP contribution in [0.5, 0.6) is 0 Å². The lowest BCUT2D eigenvalue weighted by Gasteiger charge is -2.37. The Morgan fingerprint density at radius 3 is 2.44 bits per heavy atom. The summed E-state index contributed by atoms with van der Waals surface area (Å²) >= 11 is 0. The Balaban J connectivity index is 1.49. The third-order valence-electron chi connectivity index (χ3n) is 4.90. The van der Waals surface area contributed by atoms with Gasteiger partial charge in [-0.2, -0.15) is 0 Å². The summed E-state index contributed by atoms with van der Waals surface area (Å²) in [5, 5.41) is 20.4. The number of anilines is 1. The van der Waals surface area contributed by atoms with E-state index in [0.717, 1.165) is 25.1 Å². The van der Waals surface area contributed by atoms with Crippen LogP contribution in [0.1, 0.15) is 12.8 Å². The van der Waals surface area contributed by atoms with E-state index in [1.54, 1.807) is 12.1 Å². The van der Waals surface area contributed by atoms with E-state index >= 15 is 0 Å². The number of carbonyl (C=O) groups is 1. The maximum Gasteiger partial charge on any atom is 0.269 e. The number of aliphatic hydroxyl groups is 1. The zero-order valence-electron chi connectivity index (χ0n) is 14.2. The summed E-state index contributed by atoms with van der Waals surface area (Å²) in [7, 11) is 0. The van der Waals surface area contributed by atoms with Crippen molar-refractivity contribution in [1.29, 1.82) is 0 Å². The zero-order chi connectivity index (χ0) is 17.8. The van der Waals surface area contributed by atoms with Gasteiger partial charge in [0.25, 0.3) is 5.69 Å². The highest BCUT2D eigenvalue weighted by Gasteiger charge is 2.25. The van der Waals surface area contributed by atoms with Crippen molar-refractivity contribution in [2.75, 3.05) is 50.7 Å². The number of rotatable bonds is 4. The van der Waals surface area contributed by atoms with Gasteiger partial charge in [-0.3, -0.25) is 19.8 Å². The van der Waals surface area contributed by atoms with Gasteiger partial charge in [-0.15, -0.1) is 0 Å². The molecule has 1 aromatic rings. The molecule has 8 heteroatoms. The first-order chi connectivity index (χ1) is 12.0. The average molecular weight is 348 g/mol. The SMILES string of the molecule is O=C(CN1CCC[C@H](O)C1)N1CCN(c2ccc([N+](=O)[O-])cc2)CC1. The molecule has 25 heavy (non-hydrogen) atoms. The van der Waals surface area contributed by atoms with Gasteiger partial charge in [-0.25, -0.2) is 0 Å². The summed E-state index contributed by atoms with van der Waals surface area (Å²) in [4.78, 5) is 28.8. The van der Waals surface area contributed by atoms with Crippen LogP contribution in [-0.2, 0) is 4.79 Å². The number of nitro groups is 1. The quantitative estimate of drug-likeness (QED) is 0.636. The Bertz CT molecular complexity index is 614. The van der Waals surface area contributed by atoms with Crippen LogP contribution in [0.4, 0.5) is 11.4 Å². The van der Waals surface area contributed by atoms with Crippen LogP contribution in [0.2, 0.25) is 0 Å². The molecule has 0 aromatic heterocycles.